The van der Waals surface area contributed by atoms with Crippen LogP contribution in [-0.2, 0) is 0 Å². The van der Waals surface area contributed by atoms with Crippen molar-refractivity contribution in [1.29, 1.82) is 0 Å². The fourth-order valence-corrected chi connectivity index (χ4v) is 2.25. The molecular formula is C12H8I2O3. The molecule has 0 amide bonds. The van der Waals surface area contributed by atoms with Crippen LogP contribution in [0.25, 0.3) is 0 Å². The van der Waals surface area contributed by atoms with Crippen LogP contribution in [0.5, 0.6) is 23.0 Å². The van der Waals surface area contributed by atoms with Crippen molar-refractivity contribution in [2.75, 3.05) is 0 Å². The first-order chi connectivity index (χ1) is 8.08. The Morgan fingerprint density at radius 3 is 2.12 bits per heavy atom. The maximum Gasteiger partial charge on any atom is 0.142 e. The van der Waals surface area contributed by atoms with Crippen molar-refractivity contribution in [3.8, 4) is 23.0 Å². The molecule has 2 aromatic rings. The van der Waals surface area contributed by atoms with Crippen molar-refractivity contribution >= 4 is 45.2 Å². The summed E-state index contributed by atoms with van der Waals surface area (Å²) in [5, 5.41) is 18.7. The molecule has 0 fully saturated rings. The van der Waals surface area contributed by atoms with Gasteiger partial charge in [0.15, 0.2) is 0 Å². The number of halogens is 2. The van der Waals surface area contributed by atoms with E-state index in [2.05, 4.69) is 45.2 Å². The van der Waals surface area contributed by atoms with Crippen LogP contribution in [0.2, 0.25) is 0 Å². The minimum Gasteiger partial charge on any atom is -0.508 e. The molecule has 0 unspecified atom stereocenters. The van der Waals surface area contributed by atoms with Gasteiger partial charge in [-0.3, -0.25) is 0 Å². The molecule has 0 aromatic heterocycles. The van der Waals surface area contributed by atoms with Crippen LogP contribution >= 0.6 is 45.2 Å². The zero-order valence-corrected chi connectivity index (χ0v) is 12.8. The normalized spacial score (nSPS) is 10.2. The van der Waals surface area contributed by atoms with Gasteiger partial charge in [-0.25, -0.2) is 0 Å². The van der Waals surface area contributed by atoms with Crippen molar-refractivity contribution in [3.63, 3.8) is 0 Å². The van der Waals surface area contributed by atoms with Crippen molar-refractivity contribution in [2.24, 2.45) is 0 Å². The van der Waals surface area contributed by atoms with E-state index in [9.17, 15) is 5.11 Å². The predicted octanol–water partition coefficient (Wildman–Crippen LogP) is 4.10. The summed E-state index contributed by atoms with van der Waals surface area (Å²) in [5.74, 6) is 1.76. The number of phenols is 2. The average molecular weight is 454 g/mol. The van der Waals surface area contributed by atoms with Crippen LogP contribution in [0.15, 0.2) is 36.4 Å². The maximum absolute atomic E-state index is 9.53. The van der Waals surface area contributed by atoms with Gasteiger partial charge in [0.2, 0.25) is 0 Å². The molecule has 0 heterocycles. The lowest BCUT2D eigenvalue weighted by molar-refractivity contribution is 0.454. The molecule has 0 atom stereocenters. The van der Waals surface area contributed by atoms with Gasteiger partial charge in [0.25, 0.3) is 0 Å². The molecule has 0 aliphatic heterocycles. The number of rotatable bonds is 2. The summed E-state index contributed by atoms with van der Waals surface area (Å²) < 4.78 is 7.29. The van der Waals surface area contributed by atoms with Crippen molar-refractivity contribution in [1.82, 2.24) is 0 Å². The topological polar surface area (TPSA) is 49.7 Å². The van der Waals surface area contributed by atoms with Crippen molar-refractivity contribution in [3.05, 3.63) is 43.5 Å². The minimum absolute atomic E-state index is 0.201. The lowest BCUT2D eigenvalue weighted by Crippen LogP contribution is -1.90. The van der Waals surface area contributed by atoms with E-state index in [0.29, 0.717) is 11.5 Å². The highest BCUT2D eigenvalue weighted by Gasteiger charge is 2.09. The Morgan fingerprint density at radius 1 is 0.824 bits per heavy atom. The van der Waals surface area contributed by atoms with Crippen LogP contribution in [0.1, 0.15) is 0 Å². The van der Waals surface area contributed by atoms with E-state index in [0.717, 1.165) is 7.14 Å². The standard InChI is InChI=1S/C12H8I2O3/c13-11-9(16)5-6-10(12(11)14)17-8-3-1-7(15)2-4-8/h1-6,15-16H. The maximum atomic E-state index is 9.53. The lowest BCUT2D eigenvalue weighted by atomic mass is 10.3. The number of aromatic hydroxyl groups is 2. The molecule has 0 bridgehead atoms. The van der Waals surface area contributed by atoms with Gasteiger partial charge in [-0.1, -0.05) is 0 Å². The quantitative estimate of drug-likeness (QED) is 0.673. The molecule has 0 aliphatic carbocycles. The second-order valence-electron chi connectivity index (χ2n) is 3.31. The summed E-state index contributed by atoms with van der Waals surface area (Å²) in [4.78, 5) is 0. The second-order valence-corrected chi connectivity index (χ2v) is 5.46. The van der Waals surface area contributed by atoms with Crippen LogP contribution in [0.3, 0.4) is 0 Å². The molecule has 0 aliphatic rings. The van der Waals surface area contributed by atoms with Gasteiger partial charge >= 0.3 is 0 Å². The van der Waals surface area contributed by atoms with Gasteiger partial charge in [-0.15, -0.1) is 0 Å². The van der Waals surface area contributed by atoms with E-state index in [-0.39, 0.29) is 11.5 Å². The zero-order valence-electron chi connectivity index (χ0n) is 8.52. The molecule has 0 saturated heterocycles. The first-order valence-electron chi connectivity index (χ1n) is 4.72. The molecule has 2 rings (SSSR count). The van der Waals surface area contributed by atoms with Crippen LogP contribution < -0.4 is 4.74 Å². The van der Waals surface area contributed by atoms with E-state index < -0.39 is 0 Å². The fraction of sp³-hybridized carbons (Fsp3) is 0. The number of hydrogen-bond acceptors (Lipinski definition) is 3. The number of phenolic OH excluding ortho intramolecular Hbond substituents is 2. The predicted molar refractivity (Wildman–Crippen MR) is 81.7 cm³/mol. The summed E-state index contributed by atoms with van der Waals surface area (Å²) in [6.07, 6.45) is 0. The van der Waals surface area contributed by atoms with Gasteiger partial charge in [-0.2, -0.15) is 0 Å². The Hall–Kier alpha value is -0.700. The van der Waals surface area contributed by atoms with Crippen molar-refractivity contribution < 1.29 is 14.9 Å². The highest BCUT2D eigenvalue weighted by molar-refractivity contribution is 14.1. The lowest BCUT2D eigenvalue weighted by Gasteiger charge is -2.09. The SMILES string of the molecule is Oc1ccc(Oc2ccc(O)c(I)c2I)cc1. The van der Waals surface area contributed by atoms with Crippen molar-refractivity contribution in [2.45, 2.75) is 0 Å². The minimum atomic E-state index is 0.201. The first kappa shape index (κ1) is 12.7. The third kappa shape index (κ3) is 2.95. The van der Waals surface area contributed by atoms with E-state index in [1.807, 2.05) is 0 Å². The Balaban J connectivity index is 2.30. The Labute approximate surface area is 126 Å². The summed E-state index contributed by atoms with van der Waals surface area (Å²) in [5.41, 5.74) is 0. The fourth-order valence-electron chi connectivity index (χ4n) is 1.24. The molecule has 0 saturated carbocycles. The van der Waals surface area contributed by atoms with Gasteiger partial charge in [-0.05, 0) is 81.6 Å². The largest absolute Gasteiger partial charge is 0.508 e. The van der Waals surface area contributed by atoms with Gasteiger partial charge < -0.3 is 14.9 Å². The number of hydrogen-bond donors (Lipinski definition) is 2. The molecule has 88 valence electrons. The molecule has 3 nitrogen and oxygen atoms in total. The third-order valence-corrected chi connectivity index (χ3v) is 5.29. The van der Waals surface area contributed by atoms with E-state index in [1.165, 1.54) is 0 Å². The van der Waals surface area contributed by atoms with Crippen LogP contribution in [0.4, 0.5) is 0 Å². The third-order valence-electron chi connectivity index (χ3n) is 2.09. The molecular weight excluding hydrogens is 446 g/mol. The van der Waals surface area contributed by atoms with Gasteiger partial charge in [0, 0.05) is 0 Å². The Morgan fingerprint density at radius 2 is 1.47 bits per heavy atom. The monoisotopic (exact) mass is 454 g/mol. The van der Waals surface area contributed by atoms with E-state index in [1.54, 1.807) is 36.4 Å². The molecule has 2 N–H and O–H groups in total. The molecule has 0 spiro atoms. The van der Waals surface area contributed by atoms with Crippen LogP contribution in [0, 0.1) is 7.14 Å². The smallest absolute Gasteiger partial charge is 0.142 e. The van der Waals surface area contributed by atoms with Gasteiger partial charge in [0.1, 0.15) is 23.0 Å². The average Bonchev–Trinajstić information content (AvgIpc) is 2.33. The molecule has 0 radical (unpaired) electrons. The highest BCUT2D eigenvalue weighted by Crippen LogP contribution is 2.34. The molecule has 17 heavy (non-hydrogen) atoms. The van der Waals surface area contributed by atoms with E-state index >= 15 is 0 Å². The van der Waals surface area contributed by atoms with Gasteiger partial charge in [0.05, 0.1) is 7.14 Å². The first-order valence-corrected chi connectivity index (χ1v) is 6.87. The number of benzene rings is 2. The highest BCUT2D eigenvalue weighted by atomic mass is 127. The summed E-state index contributed by atoms with van der Waals surface area (Å²) in [7, 11) is 0. The summed E-state index contributed by atoms with van der Waals surface area (Å²) in [6, 6.07) is 9.81. The molecule has 2 aromatic carbocycles. The number of ether oxygens (including phenoxy) is 1. The molecule has 5 heteroatoms. The Bertz CT molecular complexity index is 538. The summed E-state index contributed by atoms with van der Waals surface area (Å²) >= 11 is 4.19. The summed E-state index contributed by atoms with van der Waals surface area (Å²) in [6.45, 7) is 0. The second kappa shape index (κ2) is 5.30. The Kier molecular flexibility index (Phi) is 3.97. The zero-order chi connectivity index (χ0) is 12.4. The van der Waals surface area contributed by atoms with E-state index in [4.69, 9.17) is 9.84 Å². The van der Waals surface area contributed by atoms with Crippen LogP contribution in [-0.4, -0.2) is 10.2 Å².